The van der Waals surface area contributed by atoms with Gasteiger partial charge in [0.25, 0.3) is 0 Å². The van der Waals surface area contributed by atoms with Crippen LogP contribution in [0, 0.1) is 21.7 Å². The summed E-state index contributed by atoms with van der Waals surface area (Å²) < 4.78 is 0. The number of hydrogen-bond donors (Lipinski definition) is 0. The van der Waals surface area contributed by atoms with Gasteiger partial charge in [0.1, 0.15) is 0 Å². The Kier molecular flexibility index (Phi) is 0.851. The maximum Gasteiger partial charge on any atom is 0.0814 e. The molecule has 0 aromatic heterocycles. The van der Waals surface area contributed by atoms with E-state index in [9.17, 15) is 4.91 Å². The minimum absolute atomic E-state index is 0.564. The first-order valence-electron chi connectivity index (χ1n) is 4.65. The molecular weight excluding hydrogens is 138 g/mol. The Balaban J connectivity index is 1.69. The van der Waals surface area contributed by atoms with Gasteiger partial charge in [-0.3, -0.25) is 0 Å². The molecule has 0 aromatic rings. The van der Waals surface area contributed by atoms with E-state index in [4.69, 9.17) is 0 Å². The molecule has 0 unspecified atom stereocenters. The fourth-order valence-electron chi connectivity index (χ4n) is 3.54. The predicted molar refractivity (Wildman–Crippen MR) is 42.1 cm³/mol. The molecule has 2 nitrogen and oxygen atoms in total. The lowest BCUT2D eigenvalue weighted by Crippen LogP contribution is -1.85. The molecule has 0 aromatic carbocycles. The Morgan fingerprint density at radius 2 is 1.73 bits per heavy atom. The van der Waals surface area contributed by atoms with Crippen LogP contribution >= 0.6 is 0 Å². The molecule has 0 amide bonds. The molecule has 2 spiro atoms. The summed E-state index contributed by atoms with van der Waals surface area (Å²) in [5.41, 5.74) is 1.55. The van der Waals surface area contributed by atoms with Crippen LogP contribution in [-0.2, 0) is 0 Å². The van der Waals surface area contributed by atoms with E-state index >= 15 is 0 Å². The Bertz CT molecular complexity index is 198. The van der Waals surface area contributed by atoms with Gasteiger partial charge in [-0.25, -0.2) is 0 Å². The van der Waals surface area contributed by atoms with Gasteiger partial charge in [-0.05, 0) is 48.9 Å². The van der Waals surface area contributed by atoms with Crippen LogP contribution in [-0.4, -0.2) is 6.54 Å². The SMILES string of the molecule is O=NCCC1C2(CC2)C12CC2. The largest absolute Gasteiger partial charge is 0.151 e. The van der Waals surface area contributed by atoms with E-state index in [-0.39, 0.29) is 0 Å². The molecule has 2 heteroatoms. The van der Waals surface area contributed by atoms with Crippen molar-refractivity contribution >= 4 is 0 Å². The standard InChI is InChI=1S/C9H13NO/c11-10-6-1-7-8(2-3-8)9(7)4-5-9/h7H,1-6H2. The van der Waals surface area contributed by atoms with Gasteiger partial charge in [0.05, 0.1) is 6.54 Å². The zero-order valence-corrected chi connectivity index (χ0v) is 6.68. The van der Waals surface area contributed by atoms with Crippen molar-refractivity contribution in [3.63, 3.8) is 0 Å². The van der Waals surface area contributed by atoms with Crippen molar-refractivity contribution in [1.29, 1.82) is 0 Å². The minimum atomic E-state index is 0.564. The predicted octanol–water partition coefficient (Wildman–Crippen LogP) is 2.33. The van der Waals surface area contributed by atoms with Gasteiger partial charge in [0.15, 0.2) is 0 Å². The van der Waals surface area contributed by atoms with Crippen LogP contribution in [0.2, 0.25) is 0 Å². The van der Waals surface area contributed by atoms with E-state index in [0.717, 1.165) is 23.2 Å². The topological polar surface area (TPSA) is 29.4 Å². The Hall–Kier alpha value is -0.400. The summed E-state index contributed by atoms with van der Waals surface area (Å²) in [5.74, 6) is 0.910. The van der Waals surface area contributed by atoms with Crippen molar-refractivity contribution < 1.29 is 0 Å². The van der Waals surface area contributed by atoms with E-state index in [2.05, 4.69) is 5.18 Å². The summed E-state index contributed by atoms with van der Waals surface area (Å²) in [6.07, 6.45) is 6.91. The molecule has 3 rings (SSSR count). The van der Waals surface area contributed by atoms with Crippen molar-refractivity contribution in [2.24, 2.45) is 21.9 Å². The Morgan fingerprint density at radius 3 is 2.09 bits per heavy atom. The number of fused-ring (bicyclic) bond motifs is 1. The van der Waals surface area contributed by atoms with Crippen LogP contribution in [0.15, 0.2) is 5.18 Å². The van der Waals surface area contributed by atoms with Crippen molar-refractivity contribution in [3.05, 3.63) is 4.91 Å². The first-order chi connectivity index (χ1) is 5.36. The fourth-order valence-corrected chi connectivity index (χ4v) is 3.54. The molecule has 0 saturated heterocycles. The summed E-state index contributed by atoms with van der Waals surface area (Å²) in [6.45, 7) is 0.564. The summed E-state index contributed by atoms with van der Waals surface area (Å²) in [4.78, 5) is 9.95. The first kappa shape index (κ1) is 6.15. The Labute approximate surface area is 66.3 Å². The molecule has 0 aliphatic heterocycles. The third-order valence-corrected chi connectivity index (χ3v) is 4.33. The molecule has 3 aliphatic carbocycles. The highest BCUT2D eigenvalue weighted by atomic mass is 16.3. The van der Waals surface area contributed by atoms with Crippen molar-refractivity contribution in [1.82, 2.24) is 0 Å². The number of nitrogens with zero attached hydrogens (tertiary/aromatic N) is 1. The van der Waals surface area contributed by atoms with Crippen molar-refractivity contribution in [3.8, 4) is 0 Å². The van der Waals surface area contributed by atoms with Gasteiger partial charge in [-0.1, -0.05) is 5.18 Å². The second-order valence-corrected chi connectivity index (χ2v) is 4.51. The lowest BCUT2D eigenvalue weighted by Gasteiger charge is -1.88. The van der Waals surface area contributed by atoms with Crippen LogP contribution in [0.1, 0.15) is 32.1 Å². The van der Waals surface area contributed by atoms with Gasteiger partial charge in [0, 0.05) is 0 Å². The molecular formula is C9H13NO. The van der Waals surface area contributed by atoms with Gasteiger partial charge < -0.3 is 0 Å². The van der Waals surface area contributed by atoms with Gasteiger partial charge in [-0.15, -0.1) is 0 Å². The highest BCUT2D eigenvalue weighted by Gasteiger charge is 2.85. The van der Waals surface area contributed by atoms with E-state index in [0.29, 0.717) is 6.54 Å². The molecule has 3 saturated carbocycles. The zero-order chi connectivity index (χ0) is 7.53. The lowest BCUT2D eigenvalue weighted by molar-refractivity contribution is 0.641. The van der Waals surface area contributed by atoms with Crippen LogP contribution < -0.4 is 0 Å². The Morgan fingerprint density at radius 1 is 1.18 bits per heavy atom. The summed E-state index contributed by atoms with van der Waals surface area (Å²) in [6, 6.07) is 0. The van der Waals surface area contributed by atoms with Crippen LogP contribution in [0.5, 0.6) is 0 Å². The minimum Gasteiger partial charge on any atom is -0.151 e. The molecule has 0 bridgehead atoms. The third-order valence-electron chi connectivity index (χ3n) is 4.33. The average Bonchev–Trinajstić information content (AvgIpc) is 2.84. The van der Waals surface area contributed by atoms with Crippen molar-refractivity contribution in [2.75, 3.05) is 6.54 Å². The van der Waals surface area contributed by atoms with E-state index in [1.165, 1.54) is 25.7 Å². The molecule has 0 N–H and O–H groups in total. The molecule has 3 aliphatic rings. The van der Waals surface area contributed by atoms with Gasteiger partial charge in [-0.2, -0.15) is 4.91 Å². The molecule has 60 valence electrons. The smallest absolute Gasteiger partial charge is 0.0814 e. The quantitative estimate of drug-likeness (QED) is 0.569. The van der Waals surface area contributed by atoms with Crippen LogP contribution in [0.4, 0.5) is 0 Å². The highest BCUT2D eigenvalue weighted by molar-refractivity contribution is 5.34. The van der Waals surface area contributed by atoms with Crippen LogP contribution in [0.3, 0.4) is 0 Å². The molecule has 0 radical (unpaired) electrons. The fraction of sp³-hybridized carbons (Fsp3) is 1.00. The second-order valence-electron chi connectivity index (χ2n) is 4.51. The lowest BCUT2D eigenvalue weighted by atomic mass is 10.2. The third kappa shape index (κ3) is 0.522. The summed E-state index contributed by atoms with van der Waals surface area (Å²) in [7, 11) is 0. The highest BCUT2D eigenvalue weighted by Crippen LogP contribution is 2.93. The monoisotopic (exact) mass is 151 g/mol. The van der Waals surface area contributed by atoms with Gasteiger partial charge in [0.2, 0.25) is 0 Å². The average molecular weight is 151 g/mol. The summed E-state index contributed by atoms with van der Waals surface area (Å²) >= 11 is 0. The van der Waals surface area contributed by atoms with E-state index in [1.807, 2.05) is 0 Å². The molecule has 0 atom stereocenters. The first-order valence-corrected chi connectivity index (χ1v) is 4.65. The van der Waals surface area contributed by atoms with Gasteiger partial charge >= 0.3 is 0 Å². The molecule has 11 heavy (non-hydrogen) atoms. The van der Waals surface area contributed by atoms with E-state index < -0.39 is 0 Å². The zero-order valence-electron chi connectivity index (χ0n) is 6.68. The maximum absolute atomic E-state index is 9.95. The van der Waals surface area contributed by atoms with E-state index in [1.54, 1.807) is 0 Å². The second kappa shape index (κ2) is 1.52. The number of rotatable bonds is 3. The molecule has 3 fully saturated rings. The maximum atomic E-state index is 9.95. The molecule has 0 heterocycles. The van der Waals surface area contributed by atoms with Crippen LogP contribution in [0.25, 0.3) is 0 Å². The van der Waals surface area contributed by atoms with Crippen molar-refractivity contribution in [2.45, 2.75) is 32.1 Å². The normalized spacial score (nSPS) is 39.1. The number of hydrogen-bond acceptors (Lipinski definition) is 2. The summed E-state index contributed by atoms with van der Waals surface area (Å²) in [5, 5.41) is 2.95. The number of nitroso groups, excluding NO2 is 1.